The van der Waals surface area contributed by atoms with Gasteiger partial charge in [0.15, 0.2) is 11.6 Å². The minimum atomic E-state index is -0.878. The minimum absolute atomic E-state index is 0.0624. The average Bonchev–Trinajstić information content (AvgIpc) is 2.66. The molecule has 8 nitrogen and oxygen atoms in total. The molecule has 2 atom stereocenters. The Morgan fingerprint density at radius 1 is 0.828 bits per heavy atom. The number of nitrogens with one attached hydrogen (secondary N) is 2. The number of ketones is 3. The molecule has 0 aromatic heterocycles. The van der Waals surface area contributed by atoms with Crippen LogP contribution in [0.5, 0.6) is 0 Å². The second-order valence-corrected chi connectivity index (χ2v) is 6.88. The van der Waals surface area contributed by atoms with Gasteiger partial charge in [-0.2, -0.15) is 0 Å². The van der Waals surface area contributed by atoms with Crippen LogP contribution in [0.2, 0.25) is 0 Å². The van der Waals surface area contributed by atoms with E-state index in [1.807, 2.05) is 18.2 Å². The van der Waals surface area contributed by atoms with Crippen molar-refractivity contribution in [3.8, 4) is 0 Å². The fourth-order valence-electron chi connectivity index (χ4n) is 2.55. The summed E-state index contributed by atoms with van der Waals surface area (Å²) >= 11 is 0. The molecule has 0 aliphatic carbocycles. The van der Waals surface area contributed by atoms with E-state index in [4.69, 9.17) is 4.74 Å². The largest absolute Gasteiger partial charge is 0.445 e. The first-order valence-electron chi connectivity index (χ1n) is 9.46. The Bertz CT molecular complexity index is 732. The molecule has 0 spiro atoms. The second kappa shape index (κ2) is 12.4. The molecule has 8 heteroatoms. The zero-order chi connectivity index (χ0) is 21.8. The first-order chi connectivity index (χ1) is 13.7. The monoisotopic (exact) mass is 404 g/mol. The molecule has 0 saturated carbocycles. The Hall–Kier alpha value is -3.03. The molecular formula is C21H28N2O6. The van der Waals surface area contributed by atoms with Crippen LogP contribution in [-0.2, 0) is 30.5 Å². The van der Waals surface area contributed by atoms with Crippen LogP contribution in [0.15, 0.2) is 30.3 Å². The lowest BCUT2D eigenvalue weighted by molar-refractivity contribution is -0.128. The summed E-state index contributed by atoms with van der Waals surface area (Å²) in [4.78, 5) is 58.5. The smallest absolute Gasteiger partial charge is 0.408 e. The molecule has 1 rings (SSSR count). The SMILES string of the molecule is CC(=O)CC[C@H](NC(=O)CC[C@H](NC(=O)OCc1ccccc1)C(C)=O)C(C)=O. The number of ether oxygens (including phenoxy) is 1. The number of Topliss-reactive ketones (excluding diaryl/α,β-unsaturated/α-hetero) is 3. The highest BCUT2D eigenvalue weighted by Crippen LogP contribution is 2.05. The van der Waals surface area contributed by atoms with E-state index < -0.39 is 24.1 Å². The van der Waals surface area contributed by atoms with Crippen LogP contribution in [-0.4, -0.2) is 41.4 Å². The fourth-order valence-corrected chi connectivity index (χ4v) is 2.55. The van der Waals surface area contributed by atoms with Gasteiger partial charge in [-0.15, -0.1) is 0 Å². The van der Waals surface area contributed by atoms with Gasteiger partial charge in [0, 0.05) is 12.8 Å². The Labute approximate surface area is 170 Å². The van der Waals surface area contributed by atoms with Crippen LogP contribution in [0.25, 0.3) is 0 Å². The van der Waals surface area contributed by atoms with Gasteiger partial charge < -0.3 is 20.2 Å². The maximum Gasteiger partial charge on any atom is 0.408 e. The van der Waals surface area contributed by atoms with E-state index >= 15 is 0 Å². The van der Waals surface area contributed by atoms with Crippen molar-refractivity contribution in [1.29, 1.82) is 0 Å². The van der Waals surface area contributed by atoms with Crippen LogP contribution >= 0.6 is 0 Å². The zero-order valence-electron chi connectivity index (χ0n) is 17.0. The van der Waals surface area contributed by atoms with Crippen molar-refractivity contribution in [3.05, 3.63) is 35.9 Å². The van der Waals surface area contributed by atoms with Gasteiger partial charge in [-0.05, 0) is 39.2 Å². The van der Waals surface area contributed by atoms with Crippen LogP contribution < -0.4 is 10.6 Å². The van der Waals surface area contributed by atoms with Gasteiger partial charge in [0.2, 0.25) is 5.91 Å². The summed E-state index contributed by atoms with van der Waals surface area (Å²) in [6.07, 6.45) is -0.324. The fraction of sp³-hybridized carbons (Fsp3) is 0.476. The van der Waals surface area contributed by atoms with E-state index in [9.17, 15) is 24.0 Å². The van der Waals surface area contributed by atoms with E-state index in [-0.39, 0.29) is 49.6 Å². The van der Waals surface area contributed by atoms with Crippen molar-refractivity contribution in [2.45, 2.75) is 65.1 Å². The summed E-state index contributed by atoms with van der Waals surface area (Å²) in [5.74, 6) is -1.06. The van der Waals surface area contributed by atoms with E-state index in [1.165, 1.54) is 20.8 Å². The van der Waals surface area contributed by atoms with Crippen LogP contribution in [0, 0.1) is 0 Å². The zero-order valence-corrected chi connectivity index (χ0v) is 17.0. The van der Waals surface area contributed by atoms with Crippen LogP contribution in [0.1, 0.15) is 52.0 Å². The Kier molecular flexibility index (Phi) is 10.3. The summed E-state index contributed by atoms with van der Waals surface area (Å²) in [7, 11) is 0. The predicted octanol–water partition coefficient (Wildman–Crippen LogP) is 2.09. The first-order valence-corrected chi connectivity index (χ1v) is 9.46. The molecule has 1 aromatic carbocycles. The number of alkyl carbamates (subject to hydrolysis) is 1. The molecular weight excluding hydrogens is 376 g/mol. The molecule has 158 valence electrons. The summed E-state index contributed by atoms with van der Waals surface area (Å²) in [5, 5.41) is 5.03. The minimum Gasteiger partial charge on any atom is -0.445 e. The molecule has 1 aromatic rings. The molecule has 0 aliphatic rings. The number of rotatable bonds is 12. The molecule has 0 unspecified atom stereocenters. The van der Waals surface area contributed by atoms with Crippen molar-refractivity contribution < 1.29 is 28.7 Å². The third kappa shape index (κ3) is 10.2. The van der Waals surface area contributed by atoms with Crippen molar-refractivity contribution in [2.24, 2.45) is 0 Å². The predicted molar refractivity (Wildman–Crippen MR) is 106 cm³/mol. The standard InChI is InChI=1S/C21H28N2O6/c1-14(24)9-10-18(15(2)25)22-20(27)12-11-19(16(3)26)23-21(28)29-13-17-7-5-4-6-8-17/h4-8,18-19H,9-13H2,1-3H3,(H,22,27)(H,23,28)/t18-,19-/m0/s1. The van der Waals surface area contributed by atoms with Crippen molar-refractivity contribution in [3.63, 3.8) is 0 Å². The summed E-state index contributed by atoms with van der Waals surface area (Å²) < 4.78 is 5.09. The molecule has 0 fully saturated rings. The van der Waals surface area contributed by atoms with E-state index in [2.05, 4.69) is 10.6 Å². The highest BCUT2D eigenvalue weighted by molar-refractivity contribution is 5.89. The number of carbonyl (C=O) groups excluding carboxylic acids is 5. The van der Waals surface area contributed by atoms with Crippen LogP contribution in [0.3, 0.4) is 0 Å². The lowest BCUT2D eigenvalue weighted by Gasteiger charge is -2.18. The van der Waals surface area contributed by atoms with Gasteiger partial charge in [0.25, 0.3) is 0 Å². The number of hydrogen-bond acceptors (Lipinski definition) is 6. The van der Waals surface area contributed by atoms with E-state index in [0.717, 1.165) is 5.56 Å². The van der Waals surface area contributed by atoms with Crippen molar-refractivity contribution >= 4 is 29.4 Å². The Balaban J connectivity index is 2.48. The molecule has 2 amide bonds. The Morgan fingerprint density at radius 2 is 1.38 bits per heavy atom. The summed E-state index contributed by atoms with van der Waals surface area (Å²) in [6, 6.07) is 7.46. The van der Waals surface area contributed by atoms with Gasteiger partial charge in [-0.1, -0.05) is 30.3 Å². The van der Waals surface area contributed by atoms with E-state index in [1.54, 1.807) is 12.1 Å². The number of amides is 2. The average molecular weight is 404 g/mol. The topological polar surface area (TPSA) is 119 Å². The van der Waals surface area contributed by atoms with Crippen molar-refractivity contribution in [2.75, 3.05) is 0 Å². The van der Waals surface area contributed by atoms with Gasteiger partial charge >= 0.3 is 6.09 Å². The lowest BCUT2D eigenvalue weighted by Crippen LogP contribution is -2.43. The van der Waals surface area contributed by atoms with Gasteiger partial charge in [0.05, 0.1) is 12.1 Å². The quantitative estimate of drug-likeness (QED) is 0.551. The Morgan fingerprint density at radius 3 is 1.93 bits per heavy atom. The highest BCUT2D eigenvalue weighted by Gasteiger charge is 2.22. The molecule has 29 heavy (non-hydrogen) atoms. The molecule has 0 heterocycles. The molecule has 0 radical (unpaired) electrons. The summed E-state index contributed by atoms with van der Waals surface area (Å²) in [6.45, 7) is 4.13. The molecule has 0 saturated heterocycles. The molecule has 2 N–H and O–H groups in total. The maximum absolute atomic E-state index is 12.1. The second-order valence-electron chi connectivity index (χ2n) is 6.88. The highest BCUT2D eigenvalue weighted by atomic mass is 16.5. The lowest BCUT2D eigenvalue weighted by atomic mass is 10.0. The number of hydrogen-bond donors (Lipinski definition) is 2. The normalized spacial score (nSPS) is 12.4. The van der Waals surface area contributed by atoms with Gasteiger partial charge in [-0.25, -0.2) is 4.79 Å². The molecule has 0 bridgehead atoms. The van der Waals surface area contributed by atoms with Crippen LogP contribution in [0.4, 0.5) is 4.79 Å². The third-order valence-electron chi connectivity index (χ3n) is 4.27. The summed E-state index contributed by atoms with van der Waals surface area (Å²) in [5.41, 5.74) is 0.808. The van der Waals surface area contributed by atoms with E-state index in [0.29, 0.717) is 0 Å². The van der Waals surface area contributed by atoms with Gasteiger partial charge in [-0.3, -0.25) is 14.4 Å². The molecule has 0 aliphatic heterocycles. The third-order valence-corrected chi connectivity index (χ3v) is 4.27. The first kappa shape index (κ1) is 24.0. The number of benzene rings is 1. The number of carbonyl (C=O) groups is 5. The maximum atomic E-state index is 12.1. The van der Waals surface area contributed by atoms with Crippen molar-refractivity contribution in [1.82, 2.24) is 10.6 Å². The van der Waals surface area contributed by atoms with Gasteiger partial charge in [0.1, 0.15) is 12.4 Å².